The molecule has 2 atom stereocenters. The maximum absolute atomic E-state index is 16.3. The first-order chi connectivity index (χ1) is 31.1. The van der Waals surface area contributed by atoms with E-state index in [2.05, 4.69) is 31.0 Å². The lowest BCUT2D eigenvalue weighted by Gasteiger charge is -2.57. The summed E-state index contributed by atoms with van der Waals surface area (Å²) in [5.41, 5.74) is 3.55. The van der Waals surface area contributed by atoms with Crippen LogP contribution in [0.3, 0.4) is 0 Å². The minimum atomic E-state index is -0.753. The number of amides is 4. The van der Waals surface area contributed by atoms with Crippen molar-refractivity contribution in [3.8, 4) is 5.75 Å². The van der Waals surface area contributed by atoms with Crippen LogP contribution in [0.15, 0.2) is 54.6 Å². The number of carbonyl (C=O) groups is 4. The molecular formula is C49H59F2N7O6. The molecule has 0 bridgehead atoms. The number of fused-ring (bicyclic) bond motifs is 1. The van der Waals surface area contributed by atoms with Gasteiger partial charge >= 0.3 is 0 Å². The molecule has 3 aromatic rings. The quantitative estimate of drug-likeness (QED) is 0.211. The van der Waals surface area contributed by atoms with Crippen LogP contribution in [0.5, 0.6) is 5.75 Å². The highest BCUT2D eigenvalue weighted by molar-refractivity contribution is 6.07. The van der Waals surface area contributed by atoms with Gasteiger partial charge in [-0.25, -0.2) is 8.78 Å². The van der Waals surface area contributed by atoms with Crippen LogP contribution in [0.25, 0.3) is 0 Å². The molecule has 340 valence electrons. The van der Waals surface area contributed by atoms with Crippen molar-refractivity contribution in [1.82, 2.24) is 20.0 Å². The summed E-state index contributed by atoms with van der Waals surface area (Å²) in [6, 6.07) is 14.3. The molecule has 0 aliphatic carbocycles. The predicted octanol–water partition coefficient (Wildman–Crippen LogP) is 5.37. The molecule has 1 N–H and O–H groups in total. The lowest BCUT2D eigenvalue weighted by molar-refractivity contribution is -0.149. The number of rotatable bonds is 10. The molecular weight excluding hydrogens is 821 g/mol. The molecule has 0 saturated carbocycles. The van der Waals surface area contributed by atoms with E-state index in [9.17, 15) is 23.6 Å². The molecule has 1 spiro atoms. The number of carbonyl (C=O) groups excluding carboxylic acids is 4. The van der Waals surface area contributed by atoms with Gasteiger partial charge < -0.3 is 38.9 Å². The molecule has 4 amide bonds. The fraction of sp³-hybridized carbons (Fsp3) is 0.551. The largest absolute Gasteiger partial charge is 0.496 e. The van der Waals surface area contributed by atoms with Gasteiger partial charge in [-0.1, -0.05) is 6.07 Å². The lowest BCUT2D eigenvalue weighted by atomic mass is 9.62. The fourth-order valence-electron chi connectivity index (χ4n) is 11.8. The minimum Gasteiger partial charge on any atom is -0.496 e. The van der Waals surface area contributed by atoms with Crippen LogP contribution in [0.1, 0.15) is 78.9 Å². The molecule has 3 aromatic carbocycles. The number of ether oxygens (including phenoxy) is 2. The fourth-order valence-corrected chi connectivity index (χ4v) is 11.8. The highest BCUT2D eigenvalue weighted by atomic mass is 19.1. The molecule has 0 unspecified atom stereocenters. The molecule has 0 radical (unpaired) electrons. The lowest BCUT2D eigenvalue weighted by Crippen LogP contribution is -2.65. The van der Waals surface area contributed by atoms with Crippen LogP contribution in [-0.2, 0) is 25.7 Å². The van der Waals surface area contributed by atoms with E-state index in [1.54, 1.807) is 41.2 Å². The topological polar surface area (TPSA) is 118 Å². The maximum atomic E-state index is 16.3. The first kappa shape index (κ1) is 42.8. The minimum absolute atomic E-state index is 0.0867. The van der Waals surface area contributed by atoms with E-state index in [1.807, 2.05) is 12.1 Å². The van der Waals surface area contributed by atoms with Gasteiger partial charge in [-0.3, -0.25) is 24.5 Å². The Morgan fingerprint density at radius 3 is 2.08 bits per heavy atom. The number of piperidine rings is 3. The summed E-state index contributed by atoms with van der Waals surface area (Å²) in [6.07, 6.45) is 5.84. The van der Waals surface area contributed by atoms with Gasteiger partial charge in [0.2, 0.25) is 17.7 Å². The molecule has 0 aromatic heterocycles. The first-order valence-corrected chi connectivity index (χ1v) is 23.3. The Hall–Kier alpha value is -5.12. The third-order valence-corrected chi connectivity index (χ3v) is 15.4. The SMILES string of the molecule is COc1cc(N2CCC(CN3CCN(CC4CCN(c5ccc6c(c5)CN([C@H]5CCC(=O)NC5=O)C6=O)CC4)CC3)CC2)c(F)cc1[C@@H]1N(c2cccc(F)c2)C(=O)C12CCOCC2. The van der Waals surface area contributed by atoms with Crippen molar-refractivity contribution < 1.29 is 37.4 Å². The molecule has 7 aliphatic heterocycles. The number of benzene rings is 3. The summed E-state index contributed by atoms with van der Waals surface area (Å²) < 4.78 is 42.2. The van der Waals surface area contributed by atoms with Gasteiger partial charge in [0.1, 0.15) is 23.4 Å². The number of β-lactam (4-membered cyclic amide) rings is 1. The zero-order valence-electron chi connectivity index (χ0n) is 36.7. The molecule has 7 aliphatic rings. The maximum Gasteiger partial charge on any atom is 0.255 e. The van der Waals surface area contributed by atoms with Crippen LogP contribution < -0.4 is 24.8 Å². The smallest absolute Gasteiger partial charge is 0.255 e. The van der Waals surface area contributed by atoms with E-state index in [1.165, 1.54) is 12.1 Å². The van der Waals surface area contributed by atoms with E-state index in [-0.39, 0.29) is 35.9 Å². The number of nitrogens with zero attached hydrogens (tertiary/aromatic N) is 6. The van der Waals surface area contributed by atoms with Crippen LogP contribution in [0.4, 0.5) is 25.8 Å². The van der Waals surface area contributed by atoms with Crippen LogP contribution in [0.2, 0.25) is 0 Å². The molecule has 13 nitrogen and oxygen atoms in total. The Kier molecular flexibility index (Phi) is 11.8. The molecule has 6 fully saturated rings. The third-order valence-electron chi connectivity index (χ3n) is 15.4. The van der Waals surface area contributed by atoms with Gasteiger partial charge in [-0.15, -0.1) is 0 Å². The number of halogens is 2. The Morgan fingerprint density at radius 1 is 0.766 bits per heavy atom. The summed E-state index contributed by atoms with van der Waals surface area (Å²) in [5.74, 6) is 0.0710. The molecule has 10 rings (SSSR count). The Morgan fingerprint density at radius 2 is 1.44 bits per heavy atom. The monoisotopic (exact) mass is 879 g/mol. The predicted molar refractivity (Wildman–Crippen MR) is 237 cm³/mol. The average molecular weight is 880 g/mol. The highest BCUT2D eigenvalue weighted by Gasteiger charge is 2.62. The number of nitrogens with one attached hydrogen (secondary N) is 1. The Labute approximate surface area is 373 Å². The summed E-state index contributed by atoms with van der Waals surface area (Å²) in [4.78, 5) is 64.1. The van der Waals surface area contributed by atoms with E-state index in [0.29, 0.717) is 79.1 Å². The molecule has 6 saturated heterocycles. The van der Waals surface area contributed by atoms with Crippen molar-refractivity contribution >= 4 is 40.7 Å². The van der Waals surface area contributed by atoms with Gasteiger partial charge in [0.05, 0.1) is 24.3 Å². The van der Waals surface area contributed by atoms with Crippen LogP contribution in [-0.4, -0.2) is 130 Å². The van der Waals surface area contributed by atoms with Gasteiger partial charge in [-0.05, 0) is 105 Å². The molecule has 7 heterocycles. The Bertz CT molecular complexity index is 2280. The first-order valence-electron chi connectivity index (χ1n) is 23.3. The van der Waals surface area contributed by atoms with Crippen molar-refractivity contribution in [3.63, 3.8) is 0 Å². The van der Waals surface area contributed by atoms with E-state index in [4.69, 9.17) is 9.47 Å². The number of methoxy groups -OCH3 is 1. The summed E-state index contributed by atoms with van der Waals surface area (Å²) in [6.45, 7) is 11.1. The van der Waals surface area contributed by atoms with Gasteiger partial charge in [0, 0.05) is 120 Å². The zero-order chi connectivity index (χ0) is 44.1. The zero-order valence-corrected chi connectivity index (χ0v) is 36.7. The number of anilines is 3. The van der Waals surface area contributed by atoms with Crippen molar-refractivity contribution in [2.45, 2.75) is 70.0 Å². The van der Waals surface area contributed by atoms with E-state index in [0.717, 1.165) is 102 Å². The van der Waals surface area contributed by atoms with E-state index >= 15 is 4.39 Å². The summed E-state index contributed by atoms with van der Waals surface area (Å²) >= 11 is 0. The molecule has 15 heteroatoms. The van der Waals surface area contributed by atoms with Crippen LogP contribution >= 0.6 is 0 Å². The van der Waals surface area contributed by atoms with Crippen molar-refractivity contribution in [3.05, 3.63) is 82.9 Å². The number of piperazine rings is 1. The van der Waals surface area contributed by atoms with Crippen molar-refractivity contribution in [1.29, 1.82) is 0 Å². The van der Waals surface area contributed by atoms with Gasteiger partial charge in [0.25, 0.3) is 5.91 Å². The second-order valence-corrected chi connectivity index (χ2v) is 19.1. The van der Waals surface area contributed by atoms with Crippen molar-refractivity contribution in [2.75, 3.05) is 100 Å². The molecule has 64 heavy (non-hydrogen) atoms. The standard InChI is InChI=1S/C49H59F2N7O6/c1-63-43-28-42(40(51)27-39(43)45-49(13-23-64-24-14-49)48(62)58(45)37-4-2-3-35(50)26-37)56-17-11-33(12-18-56)30-54-21-19-53(20-22-54)29-32-9-15-55(16-10-32)36-5-6-38-34(25-36)31-57(47(38)61)41-7-8-44(59)52-46(41)60/h2-6,25-28,32-33,41,45H,7-24,29-31H2,1H3,(H,52,59,60)/t41-,45-/m0/s1. The Balaban J connectivity index is 0.688. The van der Waals surface area contributed by atoms with Gasteiger partial charge in [0.15, 0.2) is 0 Å². The van der Waals surface area contributed by atoms with Crippen LogP contribution in [0, 0.1) is 28.9 Å². The number of imide groups is 1. The van der Waals surface area contributed by atoms with Crippen molar-refractivity contribution in [2.24, 2.45) is 17.3 Å². The number of hydrogen-bond donors (Lipinski definition) is 1. The number of hydrogen-bond acceptors (Lipinski definition) is 10. The second-order valence-electron chi connectivity index (χ2n) is 19.1. The summed E-state index contributed by atoms with van der Waals surface area (Å²) in [5, 5.41) is 2.38. The summed E-state index contributed by atoms with van der Waals surface area (Å²) in [7, 11) is 1.59. The average Bonchev–Trinajstić information content (AvgIpc) is 3.64. The second kappa shape index (κ2) is 17.7. The van der Waals surface area contributed by atoms with E-state index < -0.39 is 23.3 Å². The normalized spacial score (nSPS) is 24.9. The third kappa shape index (κ3) is 8.01. The highest BCUT2D eigenvalue weighted by Crippen LogP contribution is 2.59. The van der Waals surface area contributed by atoms with Gasteiger partial charge in [-0.2, -0.15) is 0 Å².